The molecular formula is C22H23Cl3N4O4S. The van der Waals surface area contributed by atoms with Crippen molar-refractivity contribution in [3.63, 3.8) is 0 Å². The minimum absolute atomic E-state index is 0. The maximum absolute atomic E-state index is 13.6. The second-order valence-corrected chi connectivity index (χ2v) is 9.52. The SMILES string of the molecule is Cc1ccc(Cl)c2sc(N(CCCN3CCOCC3)C(=O)c3cc([N+](=O)[O-])ccc3Cl)nc12.Cl. The molecule has 2 heterocycles. The number of nitrogens with zero attached hydrogens (tertiary/aromatic N) is 4. The van der Waals surface area contributed by atoms with Crippen molar-refractivity contribution >= 4 is 73.9 Å². The lowest BCUT2D eigenvalue weighted by atomic mass is 10.1. The first-order valence-corrected chi connectivity index (χ1v) is 12.0. The van der Waals surface area contributed by atoms with Crippen LogP contribution in [0.15, 0.2) is 30.3 Å². The van der Waals surface area contributed by atoms with Crippen molar-refractivity contribution in [1.82, 2.24) is 9.88 Å². The average molecular weight is 546 g/mol. The molecule has 1 aromatic heterocycles. The molecule has 0 atom stereocenters. The second-order valence-electron chi connectivity index (χ2n) is 7.72. The number of rotatable bonds is 7. The number of aromatic nitrogens is 1. The number of carbonyl (C=O) groups excluding carboxylic acids is 1. The molecule has 3 aromatic rings. The van der Waals surface area contributed by atoms with Crippen LogP contribution in [0.4, 0.5) is 10.8 Å². The summed E-state index contributed by atoms with van der Waals surface area (Å²) in [6.07, 6.45) is 0.695. The van der Waals surface area contributed by atoms with E-state index in [1.807, 2.05) is 19.1 Å². The third kappa shape index (κ3) is 5.79. The summed E-state index contributed by atoms with van der Waals surface area (Å²) in [5, 5.41) is 12.5. The van der Waals surface area contributed by atoms with Gasteiger partial charge in [-0.3, -0.25) is 24.7 Å². The molecule has 1 saturated heterocycles. The Morgan fingerprint density at radius 1 is 1.24 bits per heavy atom. The van der Waals surface area contributed by atoms with Gasteiger partial charge < -0.3 is 4.74 Å². The van der Waals surface area contributed by atoms with Crippen molar-refractivity contribution in [2.45, 2.75) is 13.3 Å². The summed E-state index contributed by atoms with van der Waals surface area (Å²) in [6.45, 7) is 6.20. The summed E-state index contributed by atoms with van der Waals surface area (Å²) < 4.78 is 6.19. The lowest BCUT2D eigenvalue weighted by molar-refractivity contribution is -0.384. The Labute approximate surface area is 217 Å². The van der Waals surface area contributed by atoms with E-state index >= 15 is 0 Å². The van der Waals surface area contributed by atoms with E-state index in [2.05, 4.69) is 4.90 Å². The maximum Gasteiger partial charge on any atom is 0.270 e. The van der Waals surface area contributed by atoms with E-state index in [9.17, 15) is 14.9 Å². The van der Waals surface area contributed by atoms with Crippen molar-refractivity contribution in [1.29, 1.82) is 0 Å². The number of fused-ring (bicyclic) bond motifs is 1. The van der Waals surface area contributed by atoms with Gasteiger partial charge in [-0.2, -0.15) is 0 Å². The van der Waals surface area contributed by atoms with Gasteiger partial charge in [0.1, 0.15) is 0 Å². The highest BCUT2D eigenvalue weighted by Gasteiger charge is 2.26. The number of hydrogen-bond acceptors (Lipinski definition) is 7. The number of carbonyl (C=O) groups is 1. The lowest BCUT2D eigenvalue weighted by Crippen LogP contribution is -2.39. The molecule has 2 aromatic carbocycles. The molecule has 0 bridgehead atoms. The highest BCUT2D eigenvalue weighted by molar-refractivity contribution is 7.23. The Morgan fingerprint density at radius 3 is 2.62 bits per heavy atom. The second kappa shape index (κ2) is 11.6. The van der Waals surface area contributed by atoms with Crippen molar-refractivity contribution in [2.24, 2.45) is 0 Å². The van der Waals surface area contributed by atoms with Gasteiger partial charge in [-0.1, -0.05) is 40.6 Å². The molecule has 0 radical (unpaired) electrons. The number of nitro benzene ring substituents is 1. The maximum atomic E-state index is 13.6. The van der Waals surface area contributed by atoms with E-state index in [1.165, 1.54) is 29.5 Å². The molecular weight excluding hydrogens is 523 g/mol. The van der Waals surface area contributed by atoms with E-state index in [1.54, 1.807) is 4.90 Å². The normalized spacial score (nSPS) is 14.1. The summed E-state index contributed by atoms with van der Waals surface area (Å²) in [5.41, 5.74) is 1.56. The highest BCUT2D eigenvalue weighted by Crippen LogP contribution is 2.37. The van der Waals surface area contributed by atoms with Gasteiger partial charge in [0.2, 0.25) is 0 Å². The summed E-state index contributed by atoms with van der Waals surface area (Å²) in [6, 6.07) is 7.56. The van der Waals surface area contributed by atoms with E-state index < -0.39 is 10.8 Å². The number of amides is 1. The van der Waals surface area contributed by atoms with Gasteiger partial charge in [0, 0.05) is 38.3 Å². The number of morpholine rings is 1. The number of non-ortho nitro benzene ring substituents is 1. The fourth-order valence-corrected chi connectivity index (χ4v) is 5.24. The monoisotopic (exact) mass is 544 g/mol. The summed E-state index contributed by atoms with van der Waals surface area (Å²) >= 11 is 14.0. The smallest absolute Gasteiger partial charge is 0.270 e. The van der Waals surface area contributed by atoms with Crippen molar-refractivity contribution in [3.8, 4) is 0 Å². The zero-order chi connectivity index (χ0) is 23.5. The Balaban J connectivity index is 0.00000324. The highest BCUT2D eigenvalue weighted by atomic mass is 35.5. The Morgan fingerprint density at radius 2 is 1.94 bits per heavy atom. The van der Waals surface area contributed by atoms with Crippen molar-refractivity contribution in [3.05, 3.63) is 61.6 Å². The predicted octanol–water partition coefficient (Wildman–Crippen LogP) is 5.61. The first kappa shape index (κ1) is 26.6. The zero-order valence-electron chi connectivity index (χ0n) is 18.3. The standard InChI is InChI=1S/C22H22Cl2N4O4S.ClH/c1-14-3-5-18(24)20-19(14)25-22(33-20)27(8-2-7-26-9-11-32-12-10-26)21(29)16-13-15(28(30)31)4-6-17(16)23;/h3-6,13H,2,7-12H2,1H3;1H. The lowest BCUT2D eigenvalue weighted by Gasteiger charge is -2.27. The van der Waals surface area contributed by atoms with Crippen molar-refractivity contribution < 1.29 is 14.5 Å². The molecule has 12 heteroatoms. The van der Waals surface area contributed by atoms with Gasteiger partial charge >= 0.3 is 0 Å². The molecule has 8 nitrogen and oxygen atoms in total. The number of aryl methyl sites for hydroxylation is 1. The number of benzene rings is 2. The van der Waals surface area contributed by atoms with Crippen LogP contribution in [-0.2, 0) is 4.74 Å². The van der Waals surface area contributed by atoms with Gasteiger partial charge in [-0.15, -0.1) is 12.4 Å². The van der Waals surface area contributed by atoms with Gasteiger partial charge in [0.25, 0.3) is 11.6 Å². The quantitative estimate of drug-likeness (QED) is 0.283. The van der Waals surface area contributed by atoms with Gasteiger partial charge in [0.05, 0.1) is 44.0 Å². The molecule has 34 heavy (non-hydrogen) atoms. The van der Waals surface area contributed by atoms with E-state index in [4.69, 9.17) is 32.9 Å². The number of ether oxygens (including phenoxy) is 1. The van der Waals surface area contributed by atoms with Crippen LogP contribution in [-0.4, -0.2) is 60.1 Å². The van der Waals surface area contributed by atoms with Crippen LogP contribution in [0.5, 0.6) is 0 Å². The Bertz CT molecular complexity index is 1160. The number of thiazole rings is 1. The molecule has 1 aliphatic heterocycles. The third-order valence-electron chi connectivity index (χ3n) is 5.51. The summed E-state index contributed by atoms with van der Waals surface area (Å²) in [5.74, 6) is -0.432. The largest absolute Gasteiger partial charge is 0.379 e. The molecule has 1 amide bonds. The number of nitro groups is 1. The van der Waals surface area contributed by atoms with Crippen molar-refractivity contribution in [2.75, 3.05) is 44.3 Å². The van der Waals surface area contributed by atoms with E-state index in [0.29, 0.717) is 36.3 Å². The number of anilines is 1. The zero-order valence-corrected chi connectivity index (χ0v) is 21.5. The van der Waals surface area contributed by atoms with Gasteiger partial charge in [-0.25, -0.2) is 4.98 Å². The molecule has 0 saturated carbocycles. The molecule has 4 rings (SSSR count). The molecule has 0 aliphatic carbocycles. The Hall–Kier alpha value is -2.01. The molecule has 1 aliphatic rings. The molecule has 0 unspecified atom stereocenters. The Kier molecular flexibility index (Phi) is 9.08. The van der Waals surface area contributed by atoms with E-state index in [0.717, 1.165) is 35.4 Å². The van der Waals surface area contributed by atoms with Gasteiger partial charge in [0.15, 0.2) is 5.13 Å². The third-order valence-corrected chi connectivity index (χ3v) is 7.38. The van der Waals surface area contributed by atoms with Gasteiger partial charge in [-0.05, 0) is 31.0 Å². The minimum atomic E-state index is -0.545. The van der Waals surface area contributed by atoms with Crippen LogP contribution in [0.25, 0.3) is 10.2 Å². The molecule has 1 fully saturated rings. The number of hydrogen-bond donors (Lipinski definition) is 0. The van der Waals surface area contributed by atoms with Crippen LogP contribution in [0.2, 0.25) is 10.0 Å². The average Bonchev–Trinajstić information content (AvgIpc) is 3.26. The molecule has 182 valence electrons. The van der Waals surface area contributed by atoms with Crippen LogP contribution in [0.3, 0.4) is 0 Å². The topological polar surface area (TPSA) is 88.8 Å². The molecule has 0 N–H and O–H groups in total. The van der Waals surface area contributed by atoms with E-state index in [-0.39, 0.29) is 28.7 Å². The first-order chi connectivity index (χ1) is 15.8. The van der Waals surface area contributed by atoms with Crippen LogP contribution < -0.4 is 4.90 Å². The first-order valence-electron chi connectivity index (χ1n) is 10.5. The molecule has 0 spiro atoms. The van der Waals surface area contributed by atoms with Crippen LogP contribution in [0, 0.1) is 17.0 Å². The fraction of sp³-hybridized carbons (Fsp3) is 0.364. The van der Waals surface area contributed by atoms with Crippen LogP contribution >= 0.6 is 46.9 Å². The predicted molar refractivity (Wildman–Crippen MR) is 138 cm³/mol. The summed E-state index contributed by atoms with van der Waals surface area (Å²) in [7, 11) is 0. The summed E-state index contributed by atoms with van der Waals surface area (Å²) in [4.78, 5) is 32.8. The minimum Gasteiger partial charge on any atom is -0.379 e. The van der Waals surface area contributed by atoms with Crippen LogP contribution in [0.1, 0.15) is 22.3 Å². The number of halogens is 3. The fourth-order valence-electron chi connectivity index (χ4n) is 3.70.